The van der Waals surface area contributed by atoms with Gasteiger partial charge in [-0.1, -0.05) is 29.7 Å². The van der Waals surface area contributed by atoms with Crippen LogP contribution in [0.15, 0.2) is 23.4 Å². The molecule has 19 heavy (non-hydrogen) atoms. The van der Waals surface area contributed by atoms with Gasteiger partial charge in [0.05, 0.1) is 17.1 Å². The minimum Gasteiger partial charge on any atom is -0.409 e. The van der Waals surface area contributed by atoms with Crippen molar-refractivity contribution in [2.45, 2.75) is 13.3 Å². The first-order valence-electron chi connectivity index (χ1n) is 5.71. The molecule has 0 unspecified atom stereocenters. The summed E-state index contributed by atoms with van der Waals surface area (Å²) in [6, 6.07) is 4.20. The molecular formula is C12H15ClFN3O2. The van der Waals surface area contributed by atoms with Crippen molar-refractivity contribution in [3.05, 3.63) is 34.6 Å². The maximum absolute atomic E-state index is 13.8. The van der Waals surface area contributed by atoms with Crippen LogP contribution in [0.3, 0.4) is 0 Å². The highest BCUT2D eigenvalue weighted by molar-refractivity contribution is 6.31. The highest BCUT2D eigenvalue weighted by Gasteiger charge is 2.20. The number of nitrogens with two attached hydrogens (primary N) is 1. The van der Waals surface area contributed by atoms with Gasteiger partial charge < -0.3 is 15.8 Å². The molecule has 0 saturated carbocycles. The van der Waals surface area contributed by atoms with Crippen molar-refractivity contribution in [1.29, 1.82) is 0 Å². The van der Waals surface area contributed by atoms with Crippen molar-refractivity contribution in [2.24, 2.45) is 10.9 Å². The van der Waals surface area contributed by atoms with Crippen molar-refractivity contribution in [1.82, 2.24) is 4.90 Å². The fraction of sp³-hybridized carbons (Fsp3) is 0.333. The Hall–Kier alpha value is -1.82. The first-order chi connectivity index (χ1) is 9.01. The van der Waals surface area contributed by atoms with Gasteiger partial charge in [-0.15, -0.1) is 0 Å². The molecule has 7 heteroatoms. The van der Waals surface area contributed by atoms with Gasteiger partial charge in [-0.3, -0.25) is 4.79 Å². The third kappa shape index (κ3) is 3.82. The molecule has 3 N–H and O–H groups in total. The van der Waals surface area contributed by atoms with Gasteiger partial charge in [0.25, 0.3) is 5.91 Å². The number of hydrogen-bond donors (Lipinski definition) is 2. The molecule has 0 aromatic heterocycles. The van der Waals surface area contributed by atoms with E-state index in [1.807, 2.05) is 6.92 Å². The first kappa shape index (κ1) is 15.2. The second-order valence-electron chi connectivity index (χ2n) is 3.92. The lowest BCUT2D eigenvalue weighted by Gasteiger charge is -2.21. The number of halogens is 2. The quantitative estimate of drug-likeness (QED) is 0.377. The minimum atomic E-state index is -0.769. The number of nitrogens with zero attached hydrogens (tertiary/aromatic N) is 2. The molecule has 0 heterocycles. The molecule has 1 aromatic carbocycles. The summed E-state index contributed by atoms with van der Waals surface area (Å²) in [6.45, 7) is 2.15. The van der Waals surface area contributed by atoms with E-state index in [4.69, 9.17) is 22.5 Å². The van der Waals surface area contributed by atoms with Gasteiger partial charge in [0.15, 0.2) is 11.7 Å². The van der Waals surface area contributed by atoms with Crippen molar-refractivity contribution >= 4 is 23.3 Å². The van der Waals surface area contributed by atoms with Crippen LogP contribution >= 0.6 is 11.6 Å². The highest BCUT2D eigenvalue weighted by Crippen LogP contribution is 2.19. The molecule has 0 atom stereocenters. The largest absolute Gasteiger partial charge is 0.409 e. The van der Waals surface area contributed by atoms with Gasteiger partial charge in [-0.25, -0.2) is 4.39 Å². The van der Waals surface area contributed by atoms with Crippen LogP contribution in [0.1, 0.15) is 23.7 Å². The summed E-state index contributed by atoms with van der Waals surface area (Å²) >= 11 is 5.64. The Balaban J connectivity index is 3.02. The van der Waals surface area contributed by atoms with Crippen LogP contribution in [0.5, 0.6) is 0 Å². The maximum Gasteiger partial charge on any atom is 0.257 e. The third-order valence-corrected chi connectivity index (χ3v) is 2.74. The van der Waals surface area contributed by atoms with E-state index in [2.05, 4.69) is 5.16 Å². The monoisotopic (exact) mass is 287 g/mol. The third-order valence-electron chi connectivity index (χ3n) is 2.44. The molecule has 0 fully saturated rings. The van der Waals surface area contributed by atoms with Gasteiger partial charge in [0.1, 0.15) is 0 Å². The molecule has 0 spiro atoms. The average molecular weight is 288 g/mol. The average Bonchev–Trinajstić information content (AvgIpc) is 2.40. The van der Waals surface area contributed by atoms with E-state index >= 15 is 0 Å². The summed E-state index contributed by atoms with van der Waals surface area (Å²) in [5, 5.41) is 11.2. The van der Waals surface area contributed by atoms with Gasteiger partial charge in [-0.2, -0.15) is 0 Å². The molecule has 0 aliphatic carbocycles. The molecule has 0 radical (unpaired) electrons. The lowest BCUT2D eigenvalue weighted by Crippen LogP contribution is -2.39. The van der Waals surface area contributed by atoms with Crippen molar-refractivity contribution in [3.8, 4) is 0 Å². The van der Waals surface area contributed by atoms with E-state index in [1.165, 1.54) is 23.1 Å². The molecular weight excluding hydrogens is 273 g/mol. The van der Waals surface area contributed by atoms with E-state index in [-0.39, 0.29) is 23.0 Å². The number of rotatable bonds is 5. The summed E-state index contributed by atoms with van der Waals surface area (Å²) in [7, 11) is 0. The normalized spacial score (nSPS) is 11.4. The van der Waals surface area contributed by atoms with Crippen LogP contribution in [0, 0.1) is 5.82 Å². The Morgan fingerprint density at radius 2 is 2.26 bits per heavy atom. The van der Waals surface area contributed by atoms with Crippen LogP contribution in [0.4, 0.5) is 4.39 Å². The Morgan fingerprint density at radius 3 is 2.84 bits per heavy atom. The number of carbonyl (C=O) groups is 1. The predicted octanol–water partition coefficient (Wildman–Crippen LogP) is 2.08. The minimum absolute atomic E-state index is 0.0743. The highest BCUT2D eigenvalue weighted by atomic mass is 35.5. The second-order valence-corrected chi connectivity index (χ2v) is 4.33. The molecule has 1 aromatic rings. The summed E-state index contributed by atoms with van der Waals surface area (Å²) < 4.78 is 13.8. The smallest absolute Gasteiger partial charge is 0.257 e. The summed E-state index contributed by atoms with van der Waals surface area (Å²) in [5.41, 5.74) is 5.24. The fourth-order valence-electron chi connectivity index (χ4n) is 1.59. The molecule has 1 rings (SSSR count). The molecule has 0 aliphatic heterocycles. The standard InChI is InChI=1S/C12H15ClFN3O2/c1-2-6-17(7-10(15)16-19)12(18)8-4-3-5-9(13)11(8)14/h3-5,19H,2,6-7H2,1H3,(H2,15,16). The van der Waals surface area contributed by atoms with Crippen LogP contribution in [-0.2, 0) is 0 Å². The molecule has 0 aliphatic rings. The van der Waals surface area contributed by atoms with Crippen molar-refractivity contribution in [2.75, 3.05) is 13.1 Å². The number of oxime groups is 1. The second kappa shape index (κ2) is 6.94. The van der Waals surface area contributed by atoms with Crippen LogP contribution < -0.4 is 5.73 Å². The zero-order chi connectivity index (χ0) is 14.4. The molecule has 5 nitrogen and oxygen atoms in total. The van der Waals surface area contributed by atoms with Gasteiger partial charge in [-0.05, 0) is 18.6 Å². The molecule has 1 amide bonds. The number of hydrogen-bond acceptors (Lipinski definition) is 3. The summed E-state index contributed by atoms with van der Waals surface area (Å²) in [5.74, 6) is -1.44. The SMILES string of the molecule is CCCN(C/C(N)=N/O)C(=O)c1cccc(Cl)c1F. The van der Waals surface area contributed by atoms with Gasteiger partial charge in [0.2, 0.25) is 0 Å². The lowest BCUT2D eigenvalue weighted by atomic mass is 10.1. The van der Waals surface area contributed by atoms with Crippen LogP contribution in [0.2, 0.25) is 5.02 Å². The number of amidine groups is 1. The van der Waals surface area contributed by atoms with Gasteiger partial charge >= 0.3 is 0 Å². The van der Waals surface area contributed by atoms with E-state index in [0.29, 0.717) is 13.0 Å². The van der Waals surface area contributed by atoms with E-state index < -0.39 is 11.7 Å². The molecule has 0 bridgehead atoms. The number of carbonyl (C=O) groups excluding carboxylic acids is 1. The topological polar surface area (TPSA) is 78.9 Å². The lowest BCUT2D eigenvalue weighted by molar-refractivity contribution is 0.0773. The Bertz CT molecular complexity index is 494. The first-order valence-corrected chi connectivity index (χ1v) is 6.08. The van der Waals surface area contributed by atoms with Crippen LogP contribution in [0.25, 0.3) is 0 Å². The van der Waals surface area contributed by atoms with E-state index in [9.17, 15) is 9.18 Å². The number of benzene rings is 1. The number of amides is 1. The van der Waals surface area contributed by atoms with E-state index in [0.717, 1.165) is 0 Å². The fourth-order valence-corrected chi connectivity index (χ4v) is 1.76. The van der Waals surface area contributed by atoms with Crippen molar-refractivity contribution < 1.29 is 14.4 Å². The Labute approximate surface area is 115 Å². The van der Waals surface area contributed by atoms with Gasteiger partial charge in [0, 0.05) is 6.54 Å². The maximum atomic E-state index is 13.8. The summed E-state index contributed by atoms with van der Waals surface area (Å²) in [4.78, 5) is 13.5. The molecule has 0 saturated heterocycles. The zero-order valence-corrected chi connectivity index (χ0v) is 11.2. The Morgan fingerprint density at radius 1 is 1.58 bits per heavy atom. The van der Waals surface area contributed by atoms with Crippen LogP contribution in [-0.4, -0.2) is 34.9 Å². The van der Waals surface area contributed by atoms with Crippen molar-refractivity contribution in [3.63, 3.8) is 0 Å². The van der Waals surface area contributed by atoms with E-state index in [1.54, 1.807) is 0 Å². The predicted molar refractivity (Wildman–Crippen MR) is 71.0 cm³/mol. The molecule has 104 valence electrons. The zero-order valence-electron chi connectivity index (χ0n) is 10.4. The Kier molecular flexibility index (Phi) is 5.57. The summed E-state index contributed by atoms with van der Waals surface area (Å²) in [6.07, 6.45) is 0.659.